The Hall–Kier alpha value is -2.34. The maximum atomic E-state index is 12.5. The molecule has 0 aromatic heterocycles. The molecule has 1 amide bonds. The summed E-state index contributed by atoms with van der Waals surface area (Å²) >= 11 is 0. The number of benzene rings is 2. The monoisotopic (exact) mass is 330 g/mol. The quantitative estimate of drug-likeness (QED) is 0.908. The van der Waals surface area contributed by atoms with Gasteiger partial charge in [-0.1, -0.05) is 12.1 Å². The highest BCUT2D eigenvalue weighted by molar-refractivity contribution is 7.92. The van der Waals surface area contributed by atoms with Gasteiger partial charge in [-0.2, -0.15) is 0 Å². The van der Waals surface area contributed by atoms with E-state index in [4.69, 9.17) is 0 Å². The Morgan fingerprint density at radius 1 is 1.09 bits per heavy atom. The number of amides is 1. The molecule has 0 saturated carbocycles. The van der Waals surface area contributed by atoms with E-state index in [0.717, 1.165) is 16.8 Å². The van der Waals surface area contributed by atoms with Gasteiger partial charge in [0, 0.05) is 11.4 Å². The highest BCUT2D eigenvalue weighted by atomic mass is 32.2. The first-order valence-electron chi connectivity index (χ1n) is 7.26. The van der Waals surface area contributed by atoms with Crippen LogP contribution in [0.4, 0.5) is 11.4 Å². The fourth-order valence-electron chi connectivity index (χ4n) is 2.63. The van der Waals surface area contributed by atoms with E-state index in [9.17, 15) is 13.2 Å². The molecule has 0 atom stereocenters. The van der Waals surface area contributed by atoms with Gasteiger partial charge < -0.3 is 5.32 Å². The zero-order chi connectivity index (χ0) is 16.8. The summed E-state index contributed by atoms with van der Waals surface area (Å²) in [5.74, 6) is -0.0915. The highest BCUT2D eigenvalue weighted by Gasteiger charge is 2.38. The average Bonchev–Trinajstić information content (AvgIpc) is 2.69. The Balaban J connectivity index is 1.96. The molecule has 120 valence electrons. The van der Waals surface area contributed by atoms with E-state index < -0.39 is 15.4 Å². The molecule has 2 aromatic carbocycles. The van der Waals surface area contributed by atoms with Crippen LogP contribution in [0.1, 0.15) is 25.0 Å². The largest absolute Gasteiger partial charge is 0.325 e. The summed E-state index contributed by atoms with van der Waals surface area (Å²) in [7, 11) is -3.66. The van der Waals surface area contributed by atoms with Crippen molar-refractivity contribution in [2.24, 2.45) is 0 Å². The third-order valence-electron chi connectivity index (χ3n) is 4.06. The number of nitrogens with one attached hydrogen (secondary N) is 2. The molecule has 23 heavy (non-hydrogen) atoms. The number of hydrogen-bond donors (Lipinski definition) is 2. The standard InChI is InChI=1S/C17H18N2O3S/c1-11-5-4-6-13(9-11)23(21,22)19-12-7-8-15-14(10-12)17(2,3)16(20)18-15/h4-10,19H,1-3H3,(H,18,20). The van der Waals surface area contributed by atoms with Crippen LogP contribution in [-0.2, 0) is 20.2 Å². The van der Waals surface area contributed by atoms with E-state index in [2.05, 4.69) is 10.0 Å². The Labute approximate surface area is 135 Å². The Bertz CT molecular complexity index is 902. The average molecular weight is 330 g/mol. The predicted molar refractivity (Wildman–Crippen MR) is 90.1 cm³/mol. The van der Waals surface area contributed by atoms with E-state index in [1.807, 2.05) is 26.8 Å². The SMILES string of the molecule is Cc1cccc(S(=O)(=O)Nc2ccc3c(c2)C(C)(C)C(=O)N3)c1. The van der Waals surface area contributed by atoms with Crippen molar-refractivity contribution in [3.8, 4) is 0 Å². The lowest BCUT2D eigenvalue weighted by Crippen LogP contribution is -2.26. The fourth-order valence-corrected chi connectivity index (χ4v) is 3.79. The molecule has 5 nitrogen and oxygen atoms in total. The molecule has 1 aliphatic heterocycles. The molecular formula is C17H18N2O3S. The second kappa shape index (κ2) is 5.09. The zero-order valence-electron chi connectivity index (χ0n) is 13.2. The van der Waals surface area contributed by atoms with Gasteiger partial charge in [0.05, 0.1) is 10.3 Å². The third kappa shape index (κ3) is 2.70. The van der Waals surface area contributed by atoms with E-state index in [-0.39, 0.29) is 10.8 Å². The first kappa shape index (κ1) is 15.6. The van der Waals surface area contributed by atoms with Gasteiger partial charge in [0.25, 0.3) is 10.0 Å². The van der Waals surface area contributed by atoms with Crippen molar-refractivity contribution in [2.75, 3.05) is 10.0 Å². The van der Waals surface area contributed by atoms with Crippen LogP contribution in [-0.4, -0.2) is 14.3 Å². The van der Waals surface area contributed by atoms with Crippen molar-refractivity contribution in [3.05, 3.63) is 53.6 Å². The summed E-state index contributed by atoms with van der Waals surface area (Å²) in [6, 6.07) is 11.8. The Kier molecular flexibility index (Phi) is 3.44. The molecule has 6 heteroatoms. The molecule has 1 heterocycles. The number of hydrogen-bond acceptors (Lipinski definition) is 3. The van der Waals surface area contributed by atoms with Crippen molar-refractivity contribution in [1.82, 2.24) is 0 Å². The summed E-state index contributed by atoms with van der Waals surface area (Å²) in [6.45, 7) is 5.47. The number of rotatable bonds is 3. The second-order valence-corrected chi connectivity index (χ2v) is 7.94. The van der Waals surface area contributed by atoms with Gasteiger partial charge in [-0.25, -0.2) is 8.42 Å². The highest BCUT2D eigenvalue weighted by Crippen LogP contribution is 2.39. The number of anilines is 2. The molecule has 2 N–H and O–H groups in total. The molecule has 2 aromatic rings. The van der Waals surface area contributed by atoms with E-state index in [1.165, 1.54) is 0 Å². The number of fused-ring (bicyclic) bond motifs is 1. The predicted octanol–water partition coefficient (Wildman–Crippen LogP) is 3.03. The van der Waals surface area contributed by atoms with E-state index in [0.29, 0.717) is 5.69 Å². The smallest absolute Gasteiger partial charge is 0.261 e. The minimum atomic E-state index is -3.66. The zero-order valence-corrected chi connectivity index (χ0v) is 14.0. The first-order chi connectivity index (χ1) is 10.7. The fraction of sp³-hybridized carbons (Fsp3) is 0.235. The van der Waals surface area contributed by atoms with Crippen LogP contribution in [0.15, 0.2) is 47.4 Å². The van der Waals surface area contributed by atoms with Crippen LogP contribution in [0.25, 0.3) is 0 Å². The van der Waals surface area contributed by atoms with E-state index >= 15 is 0 Å². The van der Waals surface area contributed by atoms with Gasteiger partial charge in [-0.3, -0.25) is 9.52 Å². The van der Waals surface area contributed by atoms with Crippen LogP contribution in [0.3, 0.4) is 0 Å². The summed E-state index contributed by atoms with van der Waals surface area (Å²) in [4.78, 5) is 12.2. The lowest BCUT2D eigenvalue weighted by molar-refractivity contribution is -0.119. The molecule has 0 saturated heterocycles. The minimum absolute atomic E-state index is 0.0915. The van der Waals surface area contributed by atoms with Crippen molar-refractivity contribution in [2.45, 2.75) is 31.1 Å². The lowest BCUT2D eigenvalue weighted by atomic mass is 9.86. The van der Waals surface area contributed by atoms with Gasteiger partial charge in [-0.05, 0) is 62.2 Å². The molecule has 0 aliphatic carbocycles. The summed E-state index contributed by atoms with van der Waals surface area (Å²) < 4.78 is 27.5. The Morgan fingerprint density at radius 3 is 2.52 bits per heavy atom. The summed E-state index contributed by atoms with van der Waals surface area (Å²) in [6.07, 6.45) is 0. The van der Waals surface area contributed by atoms with Crippen molar-refractivity contribution in [3.63, 3.8) is 0 Å². The number of aryl methyl sites for hydroxylation is 1. The van der Waals surface area contributed by atoms with Gasteiger partial charge in [-0.15, -0.1) is 0 Å². The summed E-state index contributed by atoms with van der Waals surface area (Å²) in [5.41, 5.74) is 2.14. The number of sulfonamides is 1. The number of carbonyl (C=O) groups excluding carboxylic acids is 1. The normalized spacial score (nSPS) is 15.9. The molecular weight excluding hydrogens is 312 g/mol. The van der Waals surface area contributed by atoms with Crippen LogP contribution in [0.5, 0.6) is 0 Å². The van der Waals surface area contributed by atoms with Gasteiger partial charge in [0.2, 0.25) is 5.91 Å². The van der Waals surface area contributed by atoms with Crippen molar-refractivity contribution < 1.29 is 13.2 Å². The lowest BCUT2D eigenvalue weighted by Gasteiger charge is -2.16. The maximum Gasteiger partial charge on any atom is 0.261 e. The van der Waals surface area contributed by atoms with Crippen molar-refractivity contribution in [1.29, 1.82) is 0 Å². The van der Waals surface area contributed by atoms with Crippen molar-refractivity contribution >= 4 is 27.3 Å². The van der Waals surface area contributed by atoms with Crippen LogP contribution < -0.4 is 10.0 Å². The van der Waals surface area contributed by atoms with Gasteiger partial charge in [0.15, 0.2) is 0 Å². The molecule has 0 spiro atoms. The van der Waals surface area contributed by atoms with E-state index in [1.54, 1.807) is 36.4 Å². The second-order valence-electron chi connectivity index (χ2n) is 6.26. The molecule has 0 radical (unpaired) electrons. The molecule has 0 bridgehead atoms. The molecule has 1 aliphatic rings. The van der Waals surface area contributed by atoms with Gasteiger partial charge in [0.1, 0.15) is 0 Å². The van der Waals surface area contributed by atoms with Crippen LogP contribution in [0, 0.1) is 6.92 Å². The first-order valence-corrected chi connectivity index (χ1v) is 8.74. The van der Waals surface area contributed by atoms with Gasteiger partial charge >= 0.3 is 0 Å². The molecule has 3 rings (SSSR count). The topological polar surface area (TPSA) is 75.3 Å². The molecule has 0 unspecified atom stereocenters. The maximum absolute atomic E-state index is 12.5. The summed E-state index contributed by atoms with van der Waals surface area (Å²) in [5, 5.41) is 2.80. The van der Waals surface area contributed by atoms with Crippen LogP contribution in [0.2, 0.25) is 0 Å². The Morgan fingerprint density at radius 2 is 1.83 bits per heavy atom. The number of carbonyl (C=O) groups is 1. The third-order valence-corrected chi connectivity index (χ3v) is 5.44. The van der Waals surface area contributed by atoms with Crippen LogP contribution >= 0.6 is 0 Å². The molecule has 0 fully saturated rings. The minimum Gasteiger partial charge on any atom is -0.325 e.